The molecule has 0 bridgehead atoms. The zero-order valence-corrected chi connectivity index (χ0v) is 14.6. The van der Waals surface area contributed by atoms with E-state index in [0.717, 1.165) is 5.75 Å². The number of esters is 1. The second-order valence-corrected chi connectivity index (χ2v) is 5.61. The minimum absolute atomic E-state index is 0.0924. The molecule has 1 N–H and O–H groups in total. The summed E-state index contributed by atoms with van der Waals surface area (Å²) in [6, 6.07) is 15.9. The Hall–Kier alpha value is -3.15. The molecule has 0 aliphatic carbocycles. The van der Waals surface area contributed by atoms with E-state index in [-0.39, 0.29) is 18.8 Å². The molecule has 136 valence electrons. The van der Waals surface area contributed by atoms with Crippen molar-refractivity contribution in [2.24, 2.45) is 0 Å². The number of hydrogen-bond donors (Lipinski definition) is 1. The van der Waals surface area contributed by atoms with Crippen molar-refractivity contribution in [1.82, 2.24) is 0 Å². The van der Waals surface area contributed by atoms with Crippen LogP contribution in [0.15, 0.2) is 54.6 Å². The van der Waals surface area contributed by atoms with Crippen molar-refractivity contribution in [3.05, 3.63) is 60.2 Å². The predicted molar refractivity (Wildman–Crippen MR) is 97.2 cm³/mol. The molecule has 2 aromatic carbocycles. The van der Waals surface area contributed by atoms with E-state index in [2.05, 4.69) is 5.32 Å². The summed E-state index contributed by atoms with van der Waals surface area (Å²) in [5.41, 5.74) is 0.980. The maximum atomic E-state index is 11.8. The molecule has 0 unspecified atom stereocenters. The molecular formula is C20H21NO5. The molecule has 6 nitrogen and oxygen atoms in total. The summed E-state index contributed by atoms with van der Waals surface area (Å²) in [5, 5.41) is 2.59. The third-order valence-corrected chi connectivity index (χ3v) is 3.45. The Morgan fingerprint density at radius 2 is 1.77 bits per heavy atom. The minimum Gasteiger partial charge on any atom is -0.494 e. The van der Waals surface area contributed by atoms with Gasteiger partial charge >= 0.3 is 5.97 Å². The third-order valence-electron chi connectivity index (χ3n) is 3.45. The van der Waals surface area contributed by atoms with Gasteiger partial charge in [-0.15, -0.1) is 0 Å². The predicted octanol–water partition coefficient (Wildman–Crippen LogP) is 3.23. The van der Waals surface area contributed by atoms with E-state index in [1.54, 1.807) is 24.3 Å². The van der Waals surface area contributed by atoms with Crippen LogP contribution in [0.4, 0.5) is 5.69 Å². The molecule has 2 rings (SSSR count). The van der Waals surface area contributed by atoms with Crippen molar-refractivity contribution in [3.63, 3.8) is 0 Å². The van der Waals surface area contributed by atoms with Crippen molar-refractivity contribution in [2.75, 3.05) is 18.5 Å². The van der Waals surface area contributed by atoms with Gasteiger partial charge in [-0.05, 0) is 37.6 Å². The summed E-state index contributed by atoms with van der Waals surface area (Å²) >= 11 is 0. The number of para-hydroxylation sites is 1. The Morgan fingerprint density at radius 1 is 1.00 bits per heavy atom. The first-order chi connectivity index (χ1) is 12.5. The summed E-state index contributed by atoms with van der Waals surface area (Å²) in [6.45, 7) is 1.47. The van der Waals surface area contributed by atoms with Crippen LogP contribution >= 0.6 is 0 Å². The highest BCUT2D eigenvalue weighted by Gasteiger charge is 2.09. The Labute approximate surface area is 152 Å². The molecule has 26 heavy (non-hydrogen) atoms. The summed E-state index contributed by atoms with van der Waals surface area (Å²) in [5.74, 6) is -0.271. The van der Waals surface area contributed by atoms with Gasteiger partial charge in [0.25, 0.3) is 5.91 Å². The van der Waals surface area contributed by atoms with Gasteiger partial charge in [0.2, 0.25) is 0 Å². The first-order valence-electron chi connectivity index (χ1n) is 8.29. The highest BCUT2D eigenvalue weighted by molar-refractivity contribution is 5.97. The zero-order valence-electron chi connectivity index (χ0n) is 14.6. The molecule has 0 radical (unpaired) electrons. The normalized spacial score (nSPS) is 10.0. The lowest BCUT2D eigenvalue weighted by atomic mass is 10.1. The molecule has 0 aromatic heterocycles. The van der Waals surface area contributed by atoms with Crippen LogP contribution in [0.3, 0.4) is 0 Å². The van der Waals surface area contributed by atoms with E-state index in [0.29, 0.717) is 24.3 Å². The number of ether oxygens (including phenoxy) is 2. The number of carbonyl (C=O) groups excluding carboxylic acids is 3. The van der Waals surface area contributed by atoms with Crippen molar-refractivity contribution in [1.29, 1.82) is 0 Å². The second-order valence-electron chi connectivity index (χ2n) is 5.61. The van der Waals surface area contributed by atoms with Crippen LogP contribution < -0.4 is 10.1 Å². The topological polar surface area (TPSA) is 81.7 Å². The lowest BCUT2D eigenvalue weighted by molar-refractivity contribution is -0.147. The van der Waals surface area contributed by atoms with Gasteiger partial charge in [-0.3, -0.25) is 14.4 Å². The van der Waals surface area contributed by atoms with Crippen molar-refractivity contribution in [2.45, 2.75) is 19.8 Å². The van der Waals surface area contributed by atoms with Crippen LogP contribution in [-0.2, 0) is 14.3 Å². The number of nitrogens with one attached hydrogen (secondary N) is 1. The number of rotatable bonds is 9. The standard InChI is InChI=1S/C20H21NO5/c1-15(22)16-7-5-8-17(13-16)21-19(23)14-26-20(24)11-6-12-25-18-9-3-2-4-10-18/h2-5,7-10,13H,6,11-12,14H2,1H3,(H,21,23). The molecule has 2 aromatic rings. The summed E-state index contributed by atoms with van der Waals surface area (Å²) in [6.07, 6.45) is 0.663. The van der Waals surface area contributed by atoms with Crippen molar-refractivity contribution < 1.29 is 23.9 Å². The first-order valence-corrected chi connectivity index (χ1v) is 8.29. The lowest BCUT2D eigenvalue weighted by Gasteiger charge is -2.08. The Morgan fingerprint density at radius 3 is 2.50 bits per heavy atom. The maximum absolute atomic E-state index is 11.8. The average Bonchev–Trinajstić information content (AvgIpc) is 2.64. The van der Waals surface area contributed by atoms with Gasteiger partial charge in [0.05, 0.1) is 6.61 Å². The number of benzene rings is 2. The van der Waals surface area contributed by atoms with Crippen LogP contribution in [-0.4, -0.2) is 30.9 Å². The van der Waals surface area contributed by atoms with Crippen molar-refractivity contribution >= 4 is 23.3 Å². The van der Waals surface area contributed by atoms with E-state index < -0.39 is 11.9 Å². The monoisotopic (exact) mass is 355 g/mol. The molecule has 0 heterocycles. The Bertz CT molecular complexity index is 758. The third kappa shape index (κ3) is 6.76. The van der Waals surface area contributed by atoms with E-state index in [1.807, 2.05) is 30.3 Å². The van der Waals surface area contributed by atoms with Crippen LogP contribution in [0.1, 0.15) is 30.1 Å². The van der Waals surface area contributed by atoms with Crippen LogP contribution in [0, 0.1) is 0 Å². The van der Waals surface area contributed by atoms with Crippen LogP contribution in [0.5, 0.6) is 5.75 Å². The van der Waals surface area contributed by atoms with E-state index in [9.17, 15) is 14.4 Å². The first kappa shape index (κ1) is 19.2. The molecule has 0 saturated heterocycles. The second kappa shape index (κ2) is 9.98. The molecule has 0 aliphatic rings. The van der Waals surface area contributed by atoms with Crippen LogP contribution in [0.25, 0.3) is 0 Å². The van der Waals surface area contributed by atoms with E-state index in [4.69, 9.17) is 9.47 Å². The SMILES string of the molecule is CC(=O)c1cccc(NC(=O)COC(=O)CCCOc2ccccc2)c1. The van der Waals surface area contributed by atoms with Gasteiger partial charge < -0.3 is 14.8 Å². The summed E-state index contributed by atoms with van der Waals surface area (Å²) in [4.78, 5) is 34.8. The molecular weight excluding hydrogens is 334 g/mol. The molecule has 0 fully saturated rings. The van der Waals surface area contributed by atoms with Gasteiger partial charge in [-0.2, -0.15) is 0 Å². The number of ketones is 1. The van der Waals surface area contributed by atoms with Gasteiger partial charge in [0.15, 0.2) is 12.4 Å². The zero-order chi connectivity index (χ0) is 18.8. The fourth-order valence-corrected chi connectivity index (χ4v) is 2.15. The number of Topliss-reactive ketones (excluding diaryl/α,β-unsaturated/α-hetero) is 1. The van der Waals surface area contributed by atoms with Gasteiger partial charge in [-0.25, -0.2) is 0 Å². The number of amides is 1. The van der Waals surface area contributed by atoms with E-state index >= 15 is 0 Å². The van der Waals surface area contributed by atoms with Gasteiger partial charge in [0, 0.05) is 17.7 Å². The van der Waals surface area contributed by atoms with E-state index in [1.165, 1.54) is 6.92 Å². The number of hydrogen-bond acceptors (Lipinski definition) is 5. The summed E-state index contributed by atoms with van der Waals surface area (Å²) in [7, 11) is 0. The molecule has 0 saturated carbocycles. The fourth-order valence-electron chi connectivity index (χ4n) is 2.15. The maximum Gasteiger partial charge on any atom is 0.306 e. The minimum atomic E-state index is -0.464. The average molecular weight is 355 g/mol. The highest BCUT2D eigenvalue weighted by atomic mass is 16.5. The van der Waals surface area contributed by atoms with Gasteiger partial charge in [0.1, 0.15) is 5.75 Å². The molecule has 1 amide bonds. The Balaban J connectivity index is 1.64. The van der Waals surface area contributed by atoms with Crippen molar-refractivity contribution in [3.8, 4) is 5.75 Å². The quantitative estimate of drug-likeness (QED) is 0.424. The number of carbonyl (C=O) groups is 3. The molecule has 0 atom stereocenters. The smallest absolute Gasteiger partial charge is 0.306 e. The number of anilines is 1. The highest BCUT2D eigenvalue weighted by Crippen LogP contribution is 2.11. The summed E-state index contributed by atoms with van der Waals surface area (Å²) < 4.78 is 10.4. The molecule has 0 aliphatic heterocycles. The molecule has 6 heteroatoms. The lowest BCUT2D eigenvalue weighted by Crippen LogP contribution is -2.21. The van der Waals surface area contributed by atoms with Gasteiger partial charge in [-0.1, -0.05) is 30.3 Å². The fraction of sp³-hybridized carbons (Fsp3) is 0.250. The Kier molecular flexibility index (Phi) is 7.36. The largest absolute Gasteiger partial charge is 0.494 e. The van der Waals surface area contributed by atoms with Crippen LogP contribution in [0.2, 0.25) is 0 Å². The molecule has 0 spiro atoms.